The van der Waals surface area contributed by atoms with Crippen LogP contribution in [0.5, 0.6) is 0 Å². The fourth-order valence-electron chi connectivity index (χ4n) is 5.02. The maximum absolute atomic E-state index is 14.1. The summed E-state index contributed by atoms with van der Waals surface area (Å²) in [5, 5.41) is 5.63. The Bertz CT molecular complexity index is 1410. The van der Waals surface area contributed by atoms with E-state index in [9.17, 15) is 8.78 Å². The van der Waals surface area contributed by atoms with Gasteiger partial charge in [-0.15, -0.1) is 11.3 Å². The highest BCUT2D eigenvalue weighted by Crippen LogP contribution is 2.43. The van der Waals surface area contributed by atoms with Gasteiger partial charge in [0.2, 0.25) is 0 Å². The maximum Gasteiger partial charge on any atom is 0.140 e. The number of aliphatic imine (C=N–C) groups is 1. The average Bonchev–Trinajstić information content (AvgIpc) is 3.14. The molecule has 0 saturated carbocycles. The number of aryl methyl sites for hydroxylation is 1. The van der Waals surface area contributed by atoms with Crippen LogP contribution in [-0.2, 0) is 6.42 Å². The second-order valence-electron chi connectivity index (χ2n) is 9.27. The topological polar surface area (TPSA) is 30.9 Å². The number of halogens is 2. The molecule has 1 aromatic heterocycles. The smallest absolute Gasteiger partial charge is 0.140 e. The number of nitrogens with zero attached hydrogens (tertiary/aromatic N) is 3. The summed E-state index contributed by atoms with van der Waals surface area (Å²) in [5.41, 5.74) is 3.67. The molecule has 0 spiro atoms. The van der Waals surface area contributed by atoms with Crippen LogP contribution in [0, 0.1) is 11.6 Å². The van der Waals surface area contributed by atoms with E-state index < -0.39 is 0 Å². The molecule has 4 nitrogen and oxygen atoms in total. The first-order valence-corrected chi connectivity index (χ1v) is 12.7. The van der Waals surface area contributed by atoms with Gasteiger partial charge in [-0.25, -0.2) is 13.8 Å². The number of likely N-dealkylation sites (N-methyl/N-ethyl adjacent to an activating group) is 1. The van der Waals surface area contributed by atoms with Gasteiger partial charge in [0.1, 0.15) is 22.5 Å². The zero-order chi connectivity index (χ0) is 23.9. The Morgan fingerprint density at radius 2 is 1.80 bits per heavy atom. The van der Waals surface area contributed by atoms with Crippen molar-refractivity contribution >= 4 is 43.6 Å². The number of hydrogen-bond donors (Lipinski definition) is 1. The summed E-state index contributed by atoms with van der Waals surface area (Å²) >= 11 is 1.68. The molecule has 0 amide bonds. The molecule has 178 valence electrons. The van der Waals surface area contributed by atoms with Crippen LogP contribution in [0.3, 0.4) is 0 Å². The molecule has 0 unspecified atom stereocenters. The molecule has 1 fully saturated rings. The largest absolute Gasteiger partial charge is 0.353 e. The molecule has 3 aromatic carbocycles. The summed E-state index contributed by atoms with van der Waals surface area (Å²) in [5.74, 6) is 0.460. The summed E-state index contributed by atoms with van der Waals surface area (Å²) in [7, 11) is 2.17. The third-order valence-electron chi connectivity index (χ3n) is 7.01. The summed E-state index contributed by atoms with van der Waals surface area (Å²) in [6.07, 6.45) is 1.87. The van der Waals surface area contributed by atoms with E-state index in [0.717, 1.165) is 65.5 Å². The van der Waals surface area contributed by atoms with Gasteiger partial charge in [-0.2, -0.15) is 0 Å². The van der Waals surface area contributed by atoms with Gasteiger partial charge in [0.05, 0.1) is 16.9 Å². The molecule has 2 aliphatic rings. The van der Waals surface area contributed by atoms with E-state index in [0.29, 0.717) is 11.7 Å². The zero-order valence-electron chi connectivity index (χ0n) is 19.5. The van der Waals surface area contributed by atoms with E-state index in [1.165, 1.54) is 29.0 Å². The summed E-state index contributed by atoms with van der Waals surface area (Å²) < 4.78 is 28.6. The normalized spacial score (nSPS) is 18.0. The molecular formula is C28H26F2N4S. The number of thiophene rings is 1. The Morgan fingerprint density at radius 1 is 1.00 bits per heavy atom. The maximum atomic E-state index is 14.1. The molecule has 1 N–H and O–H groups in total. The van der Waals surface area contributed by atoms with Crippen LogP contribution < -0.4 is 5.32 Å². The van der Waals surface area contributed by atoms with Crippen molar-refractivity contribution in [2.24, 2.45) is 4.99 Å². The van der Waals surface area contributed by atoms with Crippen molar-refractivity contribution in [2.75, 3.05) is 32.0 Å². The van der Waals surface area contributed by atoms with Gasteiger partial charge in [-0.05, 0) is 61.9 Å². The Kier molecular flexibility index (Phi) is 5.74. The molecule has 35 heavy (non-hydrogen) atoms. The Hall–Kier alpha value is -3.29. The van der Waals surface area contributed by atoms with Gasteiger partial charge in [0, 0.05) is 35.8 Å². The third kappa shape index (κ3) is 4.30. The minimum Gasteiger partial charge on any atom is -0.353 e. The quantitative estimate of drug-likeness (QED) is 0.354. The van der Waals surface area contributed by atoms with Crippen LogP contribution in [0.1, 0.15) is 17.5 Å². The Balaban J connectivity index is 1.35. The van der Waals surface area contributed by atoms with Crippen molar-refractivity contribution in [3.8, 4) is 0 Å². The number of fused-ring (bicyclic) bond motifs is 4. The van der Waals surface area contributed by atoms with E-state index >= 15 is 0 Å². The van der Waals surface area contributed by atoms with Gasteiger partial charge < -0.3 is 10.2 Å². The first-order valence-electron chi connectivity index (χ1n) is 11.9. The number of rotatable bonds is 3. The van der Waals surface area contributed by atoms with Gasteiger partial charge in [-0.1, -0.05) is 30.3 Å². The molecule has 3 heterocycles. The molecule has 2 aliphatic heterocycles. The first kappa shape index (κ1) is 22.2. The lowest BCUT2D eigenvalue weighted by molar-refractivity contribution is 0.134. The minimum atomic E-state index is -0.280. The lowest BCUT2D eigenvalue weighted by Gasteiger charge is -2.41. The van der Waals surface area contributed by atoms with E-state index in [4.69, 9.17) is 4.99 Å². The third-order valence-corrected chi connectivity index (χ3v) is 8.09. The van der Waals surface area contributed by atoms with E-state index in [-0.39, 0.29) is 11.6 Å². The molecule has 0 radical (unpaired) electrons. The number of amidine groups is 1. The summed E-state index contributed by atoms with van der Waals surface area (Å²) in [4.78, 5) is 9.91. The van der Waals surface area contributed by atoms with Crippen LogP contribution in [-0.4, -0.2) is 48.4 Å². The molecule has 0 bridgehead atoms. The highest BCUT2D eigenvalue weighted by molar-refractivity contribution is 7.23. The monoisotopic (exact) mass is 488 g/mol. The molecule has 1 saturated heterocycles. The fourth-order valence-corrected chi connectivity index (χ4v) is 6.13. The number of benzene rings is 3. The second-order valence-corrected chi connectivity index (χ2v) is 10.3. The Morgan fingerprint density at radius 3 is 2.66 bits per heavy atom. The zero-order valence-corrected chi connectivity index (χ0v) is 20.3. The minimum absolute atomic E-state index is 0.200. The van der Waals surface area contributed by atoms with Gasteiger partial charge in [0.25, 0.3) is 0 Å². The van der Waals surface area contributed by atoms with Crippen molar-refractivity contribution in [3.05, 3.63) is 89.5 Å². The van der Waals surface area contributed by atoms with Crippen molar-refractivity contribution in [2.45, 2.75) is 18.9 Å². The Labute approximate surface area is 207 Å². The van der Waals surface area contributed by atoms with Crippen molar-refractivity contribution in [1.29, 1.82) is 0 Å². The molecule has 7 heteroatoms. The number of piperazine rings is 1. The summed E-state index contributed by atoms with van der Waals surface area (Å²) in [6, 6.07) is 20.2. The van der Waals surface area contributed by atoms with Crippen LogP contribution in [0.15, 0.2) is 71.7 Å². The molecule has 4 aromatic rings. The average molecular weight is 489 g/mol. The number of hydrogen-bond acceptors (Lipinski definition) is 5. The van der Waals surface area contributed by atoms with Gasteiger partial charge >= 0.3 is 0 Å². The van der Waals surface area contributed by atoms with Gasteiger partial charge in [-0.3, -0.25) is 4.90 Å². The molecule has 1 atom stereocenters. The van der Waals surface area contributed by atoms with E-state index in [1.807, 2.05) is 18.2 Å². The van der Waals surface area contributed by atoms with Crippen molar-refractivity contribution in [3.63, 3.8) is 0 Å². The lowest BCUT2D eigenvalue weighted by atomic mass is 10.0. The van der Waals surface area contributed by atoms with Crippen molar-refractivity contribution in [1.82, 2.24) is 9.80 Å². The van der Waals surface area contributed by atoms with Crippen molar-refractivity contribution < 1.29 is 8.78 Å². The lowest BCUT2D eigenvalue weighted by Crippen LogP contribution is -2.53. The molecule has 6 rings (SSSR count). The highest BCUT2D eigenvalue weighted by Gasteiger charge is 2.31. The predicted octanol–water partition coefficient (Wildman–Crippen LogP) is 6.56. The standard InChI is InChI=1S/C28H26F2N4S/c1-33-14-15-34(17-21(33)12-8-18-6-9-19(29)10-7-18)27-26-22-4-2-3-5-25(22)35-28(26)32-24-16-20(30)11-13-23(24)31-27/h2-7,9-11,13,16,21,32H,8,12,14-15,17H2,1H3/t21-/m0/s1. The summed E-state index contributed by atoms with van der Waals surface area (Å²) in [6.45, 7) is 2.63. The fraction of sp³-hybridized carbons (Fsp3) is 0.250. The van der Waals surface area contributed by atoms with Crippen LogP contribution >= 0.6 is 11.3 Å². The van der Waals surface area contributed by atoms with Gasteiger partial charge in [0.15, 0.2) is 0 Å². The van der Waals surface area contributed by atoms with E-state index in [1.54, 1.807) is 17.4 Å². The molecular weight excluding hydrogens is 462 g/mol. The second kappa shape index (κ2) is 9.06. The van der Waals surface area contributed by atoms with Crippen LogP contribution in [0.25, 0.3) is 10.1 Å². The van der Waals surface area contributed by atoms with E-state index in [2.05, 4.69) is 40.4 Å². The van der Waals surface area contributed by atoms with Crippen LogP contribution in [0.2, 0.25) is 0 Å². The van der Waals surface area contributed by atoms with Crippen LogP contribution in [0.4, 0.5) is 25.2 Å². The predicted molar refractivity (Wildman–Crippen MR) is 140 cm³/mol. The highest BCUT2D eigenvalue weighted by atomic mass is 32.1. The molecule has 0 aliphatic carbocycles. The SMILES string of the molecule is CN1CCN(C2=Nc3ccc(F)cc3Nc3sc4ccccc4c32)C[C@@H]1CCc1ccc(F)cc1. The number of nitrogens with one attached hydrogen (secondary N) is 1. The number of anilines is 2. The first-order chi connectivity index (χ1) is 17.0.